The maximum atomic E-state index is 11.9. The summed E-state index contributed by atoms with van der Waals surface area (Å²) < 4.78 is 5.07. The number of rotatable bonds is 8. The standard InChI is InChI=1S/C20H31N5O2/c1-3-27-20(26)19-16-21-22-25(19)11-7-6-10-23-12-14-24(15-13-23)18-9-5-4-8-17(18)2/h4-5,8-9,16,21-22H,3,6-7,10-15H2,1-2H3. The molecule has 0 bridgehead atoms. The summed E-state index contributed by atoms with van der Waals surface area (Å²) in [7, 11) is 0. The number of hydrogen-bond donors (Lipinski definition) is 2. The van der Waals surface area contributed by atoms with Gasteiger partial charge in [0.05, 0.1) is 6.61 Å². The number of aryl methyl sites for hydroxylation is 1. The van der Waals surface area contributed by atoms with E-state index < -0.39 is 0 Å². The zero-order chi connectivity index (χ0) is 19.1. The predicted molar refractivity (Wildman–Crippen MR) is 107 cm³/mol. The van der Waals surface area contributed by atoms with Crippen molar-refractivity contribution in [3.63, 3.8) is 0 Å². The largest absolute Gasteiger partial charge is 0.461 e. The van der Waals surface area contributed by atoms with Gasteiger partial charge in [-0.3, -0.25) is 9.91 Å². The minimum absolute atomic E-state index is 0.290. The first-order valence-electron chi connectivity index (χ1n) is 9.88. The number of hydrazine groups is 2. The molecule has 2 aliphatic rings. The van der Waals surface area contributed by atoms with Gasteiger partial charge in [-0.25, -0.2) is 4.79 Å². The van der Waals surface area contributed by atoms with Gasteiger partial charge in [-0.05, 0) is 44.9 Å². The van der Waals surface area contributed by atoms with E-state index >= 15 is 0 Å². The van der Waals surface area contributed by atoms with E-state index in [0.717, 1.165) is 52.1 Å². The van der Waals surface area contributed by atoms with Gasteiger partial charge < -0.3 is 15.1 Å². The SMILES string of the molecule is CCOC(=O)C1=CNNN1CCCCN1CCN(c2ccccc2C)CC1. The Bertz CT molecular complexity index is 656. The molecule has 1 saturated heterocycles. The molecule has 0 spiro atoms. The van der Waals surface area contributed by atoms with Gasteiger partial charge in [0.2, 0.25) is 0 Å². The van der Waals surface area contributed by atoms with Crippen molar-refractivity contribution in [1.82, 2.24) is 20.9 Å². The van der Waals surface area contributed by atoms with Gasteiger partial charge in [0.25, 0.3) is 0 Å². The lowest BCUT2D eigenvalue weighted by Gasteiger charge is -2.36. The molecule has 0 aromatic heterocycles. The molecule has 0 aliphatic carbocycles. The molecule has 2 aliphatic heterocycles. The summed E-state index contributed by atoms with van der Waals surface area (Å²) in [6.07, 6.45) is 3.78. The molecule has 1 aromatic rings. The van der Waals surface area contributed by atoms with Crippen LogP contribution in [0.4, 0.5) is 5.69 Å². The molecule has 2 N–H and O–H groups in total. The molecule has 0 amide bonds. The number of anilines is 1. The fraction of sp³-hybridized carbons (Fsp3) is 0.550. The number of para-hydroxylation sites is 1. The lowest BCUT2D eigenvalue weighted by Crippen LogP contribution is -2.47. The topological polar surface area (TPSA) is 60.1 Å². The highest BCUT2D eigenvalue weighted by atomic mass is 16.5. The molecule has 148 valence electrons. The van der Waals surface area contributed by atoms with Crippen LogP contribution < -0.4 is 15.9 Å². The Morgan fingerprint density at radius 1 is 1.11 bits per heavy atom. The second-order valence-electron chi connectivity index (χ2n) is 6.98. The van der Waals surface area contributed by atoms with Crippen molar-refractivity contribution >= 4 is 11.7 Å². The first-order valence-corrected chi connectivity index (χ1v) is 9.88. The van der Waals surface area contributed by atoms with Crippen molar-refractivity contribution in [2.45, 2.75) is 26.7 Å². The molecule has 1 aromatic carbocycles. The monoisotopic (exact) mass is 373 g/mol. The third kappa shape index (κ3) is 5.14. The first-order chi connectivity index (χ1) is 13.2. The Hall–Kier alpha value is -2.25. The number of carbonyl (C=O) groups is 1. The van der Waals surface area contributed by atoms with E-state index in [-0.39, 0.29) is 5.97 Å². The second-order valence-corrected chi connectivity index (χ2v) is 6.98. The third-order valence-corrected chi connectivity index (χ3v) is 5.12. The van der Waals surface area contributed by atoms with Crippen LogP contribution in [0, 0.1) is 6.92 Å². The number of hydrogen-bond acceptors (Lipinski definition) is 7. The average molecular weight is 374 g/mol. The van der Waals surface area contributed by atoms with Crippen LogP contribution in [0.25, 0.3) is 0 Å². The second kappa shape index (κ2) is 9.62. The molecule has 0 saturated carbocycles. The van der Waals surface area contributed by atoms with Gasteiger partial charge >= 0.3 is 5.97 Å². The van der Waals surface area contributed by atoms with Crippen LogP contribution in [0.1, 0.15) is 25.3 Å². The summed E-state index contributed by atoms with van der Waals surface area (Å²) in [4.78, 5) is 16.9. The van der Waals surface area contributed by atoms with E-state index in [1.54, 1.807) is 6.20 Å². The molecule has 0 atom stereocenters. The predicted octanol–water partition coefficient (Wildman–Crippen LogP) is 1.63. The van der Waals surface area contributed by atoms with Crippen molar-refractivity contribution in [3.05, 3.63) is 41.7 Å². The minimum atomic E-state index is -0.290. The minimum Gasteiger partial charge on any atom is -0.461 e. The highest BCUT2D eigenvalue weighted by Crippen LogP contribution is 2.20. The van der Waals surface area contributed by atoms with Crippen LogP contribution >= 0.6 is 0 Å². The number of carbonyl (C=O) groups excluding carboxylic acids is 1. The normalized spacial score (nSPS) is 17.6. The van der Waals surface area contributed by atoms with Crippen LogP contribution in [0.2, 0.25) is 0 Å². The van der Waals surface area contributed by atoms with Crippen LogP contribution in [0.5, 0.6) is 0 Å². The molecule has 1 fully saturated rings. The number of ether oxygens (including phenoxy) is 1. The molecule has 7 nitrogen and oxygen atoms in total. The lowest BCUT2D eigenvalue weighted by molar-refractivity contribution is -0.140. The zero-order valence-corrected chi connectivity index (χ0v) is 16.4. The Kier molecular flexibility index (Phi) is 6.95. The van der Waals surface area contributed by atoms with Crippen molar-refractivity contribution in [2.75, 3.05) is 50.8 Å². The van der Waals surface area contributed by atoms with Crippen LogP contribution in [-0.2, 0) is 9.53 Å². The van der Waals surface area contributed by atoms with Gasteiger partial charge in [-0.15, -0.1) is 5.53 Å². The fourth-order valence-electron chi connectivity index (χ4n) is 3.60. The highest BCUT2D eigenvalue weighted by molar-refractivity contribution is 5.87. The number of esters is 1. The highest BCUT2D eigenvalue weighted by Gasteiger charge is 2.23. The smallest absolute Gasteiger partial charge is 0.357 e. The zero-order valence-electron chi connectivity index (χ0n) is 16.4. The quantitative estimate of drug-likeness (QED) is 0.530. The van der Waals surface area contributed by atoms with Gasteiger partial charge in [-0.2, -0.15) is 0 Å². The number of benzene rings is 1. The Balaban J connectivity index is 1.35. The van der Waals surface area contributed by atoms with Gasteiger partial charge in [0, 0.05) is 44.6 Å². The fourth-order valence-corrected chi connectivity index (χ4v) is 3.60. The summed E-state index contributed by atoms with van der Waals surface area (Å²) in [5.41, 5.74) is 9.12. The van der Waals surface area contributed by atoms with Crippen molar-refractivity contribution in [1.29, 1.82) is 0 Å². The number of piperazine rings is 1. The average Bonchev–Trinajstić information content (AvgIpc) is 3.15. The summed E-state index contributed by atoms with van der Waals surface area (Å²) >= 11 is 0. The maximum Gasteiger partial charge on any atom is 0.357 e. The van der Waals surface area contributed by atoms with Crippen molar-refractivity contribution in [2.24, 2.45) is 0 Å². The molecular formula is C20H31N5O2. The lowest BCUT2D eigenvalue weighted by atomic mass is 10.1. The van der Waals surface area contributed by atoms with Gasteiger partial charge in [0.1, 0.15) is 0 Å². The number of nitrogens with zero attached hydrogens (tertiary/aromatic N) is 3. The van der Waals surface area contributed by atoms with E-state index in [9.17, 15) is 4.79 Å². The van der Waals surface area contributed by atoms with E-state index in [4.69, 9.17) is 4.74 Å². The molecule has 3 rings (SSSR count). The van der Waals surface area contributed by atoms with Gasteiger partial charge in [0.15, 0.2) is 5.70 Å². The summed E-state index contributed by atoms with van der Waals surface area (Å²) in [6, 6.07) is 8.62. The van der Waals surface area contributed by atoms with Crippen molar-refractivity contribution < 1.29 is 9.53 Å². The Morgan fingerprint density at radius 3 is 2.59 bits per heavy atom. The summed E-state index contributed by atoms with van der Waals surface area (Å²) in [5, 5.41) is 1.83. The Morgan fingerprint density at radius 2 is 1.85 bits per heavy atom. The third-order valence-electron chi connectivity index (χ3n) is 5.12. The molecule has 0 radical (unpaired) electrons. The first kappa shape index (κ1) is 19.5. The molecule has 0 unspecified atom stereocenters. The van der Waals surface area contributed by atoms with Crippen LogP contribution in [0.15, 0.2) is 36.2 Å². The molecule has 2 heterocycles. The number of unbranched alkanes of at least 4 members (excludes halogenated alkanes) is 1. The number of nitrogens with one attached hydrogen (secondary N) is 2. The summed E-state index contributed by atoms with van der Waals surface area (Å²) in [6.45, 7) is 10.6. The van der Waals surface area contributed by atoms with Crippen molar-refractivity contribution in [3.8, 4) is 0 Å². The Labute approximate surface area is 161 Å². The molecular weight excluding hydrogens is 342 g/mol. The van der Waals surface area contributed by atoms with Crippen LogP contribution in [0.3, 0.4) is 0 Å². The molecule has 7 heteroatoms. The van der Waals surface area contributed by atoms with E-state index in [0.29, 0.717) is 12.3 Å². The van der Waals surface area contributed by atoms with Crippen LogP contribution in [-0.4, -0.2) is 61.8 Å². The van der Waals surface area contributed by atoms with E-state index in [1.807, 2.05) is 11.9 Å². The maximum absolute atomic E-state index is 11.9. The van der Waals surface area contributed by atoms with E-state index in [2.05, 4.69) is 51.9 Å². The van der Waals surface area contributed by atoms with Gasteiger partial charge in [-0.1, -0.05) is 18.2 Å². The van der Waals surface area contributed by atoms with E-state index in [1.165, 1.54) is 11.3 Å². The summed E-state index contributed by atoms with van der Waals surface area (Å²) in [5.74, 6) is -0.290. The molecule has 27 heavy (non-hydrogen) atoms.